The molecule has 0 unspecified atom stereocenters. The van der Waals surface area contributed by atoms with Crippen molar-refractivity contribution in [2.75, 3.05) is 12.3 Å². The van der Waals surface area contributed by atoms with Gasteiger partial charge in [-0.3, -0.25) is 5.10 Å². The Bertz CT molecular complexity index is 1100. The predicted molar refractivity (Wildman–Crippen MR) is 110 cm³/mol. The van der Waals surface area contributed by atoms with Gasteiger partial charge in [0.15, 0.2) is 0 Å². The molecule has 0 saturated heterocycles. The Morgan fingerprint density at radius 3 is 2.66 bits per heavy atom. The number of nitrogens with two attached hydrogens (primary N) is 1. The number of carbonyl (C=O) groups is 2. The first-order chi connectivity index (χ1) is 13.9. The van der Waals surface area contributed by atoms with E-state index in [1.165, 1.54) is 0 Å². The van der Waals surface area contributed by atoms with Gasteiger partial charge < -0.3 is 15.2 Å². The van der Waals surface area contributed by atoms with E-state index in [1.54, 1.807) is 13.0 Å². The molecule has 10 heteroatoms. The minimum absolute atomic E-state index is 0.103. The zero-order valence-corrected chi connectivity index (χ0v) is 17.6. The number of benzene rings is 1. The van der Waals surface area contributed by atoms with Gasteiger partial charge in [0.2, 0.25) is 0 Å². The molecule has 0 radical (unpaired) electrons. The van der Waals surface area contributed by atoms with E-state index in [0.717, 1.165) is 21.4 Å². The SMILES string of the molecule is CCOC(=O)c1sc(N)c(C#N)c1COC(=O)c1cc(-c2ccc(Br)cc2)n[nH]1. The van der Waals surface area contributed by atoms with Crippen LogP contribution in [0.3, 0.4) is 0 Å². The smallest absolute Gasteiger partial charge is 0.356 e. The second kappa shape index (κ2) is 8.89. The van der Waals surface area contributed by atoms with Gasteiger partial charge >= 0.3 is 11.9 Å². The van der Waals surface area contributed by atoms with E-state index in [1.807, 2.05) is 30.3 Å². The average molecular weight is 475 g/mol. The molecule has 1 aromatic carbocycles. The Labute approximate surface area is 178 Å². The molecule has 3 N–H and O–H groups in total. The van der Waals surface area contributed by atoms with Gasteiger partial charge in [-0.15, -0.1) is 11.3 Å². The molecule has 0 atom stereocenters. The Morgan fingerprint density at radius 2 is 2.00 bits per heavy atom. The standard InChI is InChI=1S/C19H15BrN4O4S/c1-2-27-19(26)16-13(12(8-21)17(22)29-16)9-28-18(25)15-7-14(23-24-15)10-3-5-11(20)6-4-10/h3-7H,2,9,22H2,1H3,(H,23,24). The highest BCUT2D eigenvalue weighted by Crippen LogP contribution is 2.32. The van der Waals surface area contributed by atoms with Crippen LogP contribution < -0.4 is 5.73 Å². The molecule has 148 valence electrons. The first-order valence-electron chi connectivity index (χ1n) is 8.41. The van der Waals surface area contributed by atoms with Gasteiger partial charge in [0.05, 0.1) is 17.9 Å². The normalized spacial score (nSPS) is 10.4. The van der Waals surface area contributed by atoms with E-state index in [-0.39, 0.29) is 39.9 Å². The first kappa shape index (κ1) is 20.6. The number of hydrogen-bond acceptors (Lipinski definition) is 8. The molecule has 2 aromatic heterocycles. The largest absolute Gasteiger partial charge is 0.462 e. The Balaban J connectivity index is 1.77. The summed E-state index contributed by atoms with van der Waals surface area (Å²) < 4.78 is 11.2. The number of nitrogen functional groups attached to an aromatic ring is 1. The zero-order chi connectivity index (χ0) is 21.0. The molecule has 0 fully saturated rings. The predicted octanol–water partition coefficient (Wildman–Crippen LogP) is 3.89. The molecule has 0 aliphatic heterocycles. The molecule has 3 aromatic rings. The number of H-pyrrole nitrogens is 1. The lowest BCUT2D eigenvalue weighted by molar-refractivity contribution is 0.0447. The Kier molecular flexibility index (Phi) is 6.31. The maximum atomic E-state index is 12.4. The molecule has 3 rings (SSSR count). The third-order valence-corrected chi connectivity index (χ3v) is 5.46. The number of aromatic amines is 1. The molecule has 0 saturated carbocycles. The summed E-state index contributed by atoms with van der Waals surface area (Å²) in [6.07, 6.45) is 0. The molecule has 0 bridgehead atoms. The summed E-state index contributed by atoms with van der Waals surface area (Å²) in [5, 5.41) is 16.2. The topological polar surface area (TPSA) is 131 Å². The molecular formula is C19H15BrN4O4S. The molecular weight excluding hydrogens is 460 g/mol. The number of anilines is 1. The summed E-state index contributed by atoms with van der Waals surface area (Å²) in [6.45, 7) is 1.54. The van der Waals surface area contributed by atoms with Crippen molar-refractivity contribution in [1.29, 1.82) is 5.26 Å². The van der Waals surface area contributed by atoms with Crippen molar-refractivity contribution in [3.8, 4) is 17.3 Å². The number of halogens is 1. The van der Waals surface area contributed by atoms with Crippen LogP contribution in [0.5, 0.6) is 0 Å². The molecule has 29 heavy (non-hydrogen) atoms. The molecule has 2 heterocycles. The van der Waals surface area contributed by atoms with Crippen LogP contribution in [0.2, 0.25) is 0 Å². The van der Waals surface area contributed by atoms with Crippen molar-refractivity contribution in [3.63, 3.8) is 0 Å². The molecule has 0 aliphatic carbocycles. The second-order valence-electron chi connectivity index (χ2n) is 5.73. The van der Waals surface area contributed by atoms with Crippen molar-refractivity contribution in [1.82, 2.24) is 10.2 Å². The van der Waals surface area contributed by atoms with Gasteiger partial charge in [-0.1, -0.05) is 28.1 Å². The zero-order valence-electron chi connectivity index (χ0n) is 15.2. The van der Waals surface area contributed by atoms with Crippen LogP contribution in [0.4, 0.5) is 5.00 Å². The van der Waals surface area contributed by atoms with Crippen LogP contribution in [0, 0.1) is 11.3 Å². The van der Waals surface area contributed by atoms with Crippen LogP contribution in [0.25, 0.3) is 11.3 Å². The summed E-state index contributed by atoms with van der Waals surface area (Å²) in [7, 11) is 0. The lowest BCUT2D eigenvalue weighted by Crippen LogP contribution is -2.10. The fourth-order valence-electron chi connectivity index (χ4n) is 2.52. The van der Waals surface area contributed by atoms with Crippen LogP contribution in [-0.2, 0) is 16.1 Å². The monoisotopic (exact) mass is 474 g/mol. The van der Waals surface area contributed by atoms with E-state index in [4.69, 9.17) is 15.2 Å². The second-order valence-corrected chi connectivity index (χ2v) is 7.70. The average Bonchev–Trinajstić information content (AvgIpc) is 3.31. The van der Waals surface area contributed by atoms with Crippen molar-refractivity contribution in [2.45, 2.75) is 13.5 Å². The van der Waals surface area contributed by atoms with Crippen molar-refractivity contribution < 1.29 is 19.1 Å². The number of nitrogens with one attached hydrogen (secondary N) is 1. The van der Waals surface area contributed by atoms with E-state index < -0.39 is 11.9 Å². The molecule has 0 spiro atoms. The van der Waals surface area contributed by atoms with Crippen molar-refractivity contribution >= 4 is 44.2 Å². The summed E-state index contributed by atoms with van der Waals surface area (Å²) in [4.78, 5) is 24.7. The highest BCUT2D eigenvalue weighted by Gasteiger charge is 2.24. The number of esters is 2. The molecule has 8 nitrogen and oxygen atoms in total. The minimum Gasteiger partial charge on any atom is -0.462 e. The third kappa shape index (κ3) is 4.47. The summed E-state index contributed by atoms with van der Waals surface area (Å²) in [5.74, 6) is -1.29. The number of rotatable bonds is 6. The summed E-state index contributed by atoms with van der Waals surface area (Å²) >= 11 is 4.29. The fourth-order valence-corrected chi connectivity index (χ4v) is 3.70. The third-order valence-electron chi connectivity index (χ3n) is 3.89. The Morgan fingerprint density at radius 1 is 1.28 bits per heavy atom. The van der Waals surface area contributed by atoms with E-state index in [0.29, 0.717) is 5.69 Å². The minimum atomic E-state index is -0.677. The van der Waals surface area contributed by atoms with E-state index >= 15 is 0 Å². The number of thiophene rings is 1. The van der Waals surface area contributed by atoms with Crippen LogP contribution >= 0.6 is 27.3 Å². The van der Waals surface area contributed by atoms with Crippen LogP contribution in [-0.4, -0.2) is 28.7 Å². The lowest BCUT2D eigenvalue weighted by atomic mass is 10.1. The van der Waals surface area contributed by atoms with Gasteiger partial charge in [-0.2, -0.15) is 10.4 Å². The quantitative estimate of drug-likeness (QED) is 0.517. The van der Waals surface area contributed by atoms with Crippen molar-refractivity contribution in [3.05, 3.63) is 56.5 Å². The number of carbonyl (C=O) groups excluding carboxylic acids is 2. The van der Waals surface area contributed by atoms with Crippen molar-refractivity contribution in [2.24, 2.45) is 0 Å². The van der Waals surface area contributed by atoms with Gasteiger partial charge in [0, 0.05) is 15.6 Å². The van der Waals surface area contributed by atoms with Gasteiger partial charge in [0.1, 0.15) is 28.2 Å². The van der Waals surface area contributed by atoms with Crippen LogP contribution in [0.1, 0.15) is 38.2 Å². The maximum Gasteiger partial charge on any atom is 0.356 e. The fraction of sp³-hybridized carbons (Fsp3) is 0.158. The number of nitriles is 1. The van der Waals surface area contributed by atoms with E-state index in [2.05, 4.69) is 26.1 Å². The molecule has 0 amide bonds. The number of ether oxygens (including phenoxy) is 2. The van der Waals surface area contributed by atoms with E-state index in [9.17, 15) is 14.9 Å². The lowest BCUT2D eigenvalue weighted by Gasteiger charge is -2.05. The molecule has 0 aliphatic rings. The summed E-state index contributed by atoms with van der Waals surface area (Å²) in [5.41, 5.74) is 7.69. The number of nitrogens with zero attached hydrogens (tertiary/aromatic N) is 2. The van der Waals surface area contributed by atoms with Gasteiger partial charge in [-0.05, 0) is 25.1 Å². The van der Waals surface area contributed by atoms with Gasteiger partial charge in [0.25, 0.3) is 0 Å². The number of aromatic nitrogens is 2. The highest BCUT2D eigenvalue weighted by molar-refractivity contribution is 9.10. The highest BCUT2D eigenvalue weighted by atomic mass is 79.9. The summed E-state index contributed by atoms with van der Waals surface area (Å²) in [6, 6.07) is 10.9. The van der Waals surface area contributed by atoms with Crippen LogP contribution in [0.15, 0.2) is 34.8 Å². The number of hydrogen-bond donors (Lipinski definition) is 2. The van der Waals surface area contributed by atoms with Gasteiger partial charge in [-0.25, -0.2) is 9.59 Å². The first-order valence-corrected chi connectivity index (χ1v) is 10.0. The maximum absolute atomic E-state index is 12.4. The Hall–Kier alpha value is -3.16.